The number of nitrogens with one attached hydrogen (secondary N) is 1. The van der Waals surface area contributed by atoms with Gasteiger partial charge in [0, 0.05) is 11.4 Å². The zero-order chi connectivity index (χ0) is 20.2. The van der Waals surface area contributed by atoms with Gasteiger partial charge in [-0.1, -0.05) is 30.3 Å². The van der Waals surface area contributed by atoms with Gasteiger partial charge in [0.15, 0.2) is 0 Å². The molecule has 148 valence electrons. The molecule has 0 unspecified atom stereocenters. The van der Waals surface area contributed by atoms with Gasteiger partial charge in [0.1, 0.15) is 23.3 Å². The van der Waals surface area contributed by atoms with E-state index < -0.39 is 34.0 Å². The van der Waals surface area contributed by atoms with Crippen LogP contribution in [0.1, 0.15) is 43.6 Å². The average molecular weight is 400 g/mol. The summed E-state index contributed by atoms with van der Waals surface area (Å²) in [6.07, 6.45) is -5.59. The predicted molar refractivity (Wildman–Crippen MR) is 100 cm³/mol. The molecule has 0 aliphatic carbocycles. The molecule has 0 aliphatic heterocycles. The quantitative estimate of drug-likeness (QED) is 0.560. The average Bonchev–Trinajstić information content (AvgIpc) is 2.59. The molecule has 0 heterocycles. The fourth-order valence-electron chi connectivity index (χ4n) is 2.15. The van der Waals surface area contributed by atoms with E-state index in [2.05, 4.69) is 4.72 Å². The Hall–Kier alpha value is -1.74. The van der Waals surface area contributed by atoms with Gasteiger partial charge in [-0.25, -0.2) is 0 Å². The Morgan fingerprint density at radius 3 is 2.30 bits per heavy atom. The topological polar surface area (TPSA) is 70.3 Å². The third kappa shape index (κ3) is 6.42. The van der Waals surface area contributed by atoms with Crippen LogP contribution < -0.4 is 15.2 Å². The number of rotatable bonds is 6. The summed E-state index contributed by atoms with van der Waals surface area (Å²) in [6, 6.07) is 12.4. The van der Waals surface area contributed by atoms with Gasteiger partial charge in [-0.15, -0.1) is 4.72 Å². The highest BCUT2D eigenvalue weighted by molar-refractivity contribution is 7.90. The summed E-state index contributed by atoms with van der Waals surface area (Å²) >= 11 is -1.53. The fraction of sp³-hybridized carbons (Fsp3) is 0.368. The van der Waals surface area contributed by atoms with Gasteiger partial charge in [0.2, 0.25) is 0 Å². The van der Waals surface area contributed by atoms with Crippen LogP contribution in [0.15, 0.2) is 48.5 Å². The van der Waals surface area contributed by atoms with E-state index in [-0.39, 0.29) is 17.9 Å². The van der Waals surface area contributed by atoms with Gasteiger partial charge in [0.25, 0.3) is 0 Å². The lowest BCUT2D eigenvalue weighted by molar-refractivity contribution is -0.137. The van der Waals surface area contributed by atoms with Gasteiger partial charge in [-0.3, -0.25) is 0 Å². The molecule has 2 rings (SSSR count). The minimum absolute atomic E-state index is 0.0440. The molecule has 0 bridgehead atoms. The van der Waals surface area contributed by atoms with Crippen LogP contribution in [0.4, 0.5) is 13.2 Å². The number of ether oxygens (including phenoxy) is 1. The van der Waals surface area contributed by atoms with Crippen LogP contribution in [0.25, 0.3) is 0 Å². The molecule has 0 saturated heterocycles. The summed E-state index contributed by atoms with van der Waals surface area (Å²) in [4.78, 5) is 0. The molecule has 4 nitrogen and oxygen atoms in total. The van der Waals surface area contributed by atoms with Crippen molar-refractivity contribution in [1.29, 1.82) is 0 Å². The van der Waals surface area contributed by atoms with E-state index in [0.29, 0.717) is 0 Å². The maximum Gasteiger partial charge on any atom is 0.416 e. The van der Waals surface area contributed by atoms with Crippen molar-refractivity contribution in [3.05, 3.63) is 65.2 Å². The lowest BCUT2D eigenvalue weighted by atomic mass is 10.1. The first-order chi connectivity index (χ1) is 12.5. The number of hydrogen-bond acceptors (Lipinski definition) is 4. The highest BCUT2D eigenvalue weighted by atomic mass is 32.2. The minimum Gasteiger partial charge on any atom is -0.598 e. The smallest absolute Gasteiger partial charge is 0.416 e. The van der Waals surface area contributed by atoms with Crippen LogP contribution in [0.2, 0.25) is 0 Å². The molecule has 0 amide bonds. The Kier molecular flexibility index (Phi) is 6.80. The second-order valence-corrected chi connectivity index (χ2v) is 9.04. The first-order valence-electron chi connectivity index (χ1n) is 8.29. The zero-order valence-corrected chi connectivity index (χ0v) is 16.2. The lowest BCUT2D eigenvalue weighted by Crippen LogP contribution is -2.43. The highest BCUT2D eigenvalue weighted by Gasteiger charge is 2.33. The Labute approximate surface area is 160 Å². The summed E-state index contributed by atoms with van der Waals surface area (Å²) in [7, 11) is 0. The van der Waals surface area contributed by atoms with Crippen LogP contribution in [0.3, 0.4) is 0 Å². The maximum atomic E-state index is 13.2. The van der Waals surface area contributed by atoms with E-state index >= 15 is 0 Å². The van der Waals surface area contributed by atoms with Crippen molar-refractivity contribution < 1.29 is 22.5 Å². The Morgan fingerprint density at radius 1 is 1.11 bits per heavy atom. The van der Waals surface area contributed by atoms with E-state index in [0.717, 1.165) is 17.7 Å². The molecular formula is C19H23F3N2O2S. The van der Waals surface area contributed by atoms with Crippen LogP contribution in [-0.4, -0.2) is 9.30 Å². The van der Waals surface area contributed by atoms with Crippen molar-refractivity contribution in [2.75, 3.05) is 0 Å². The number of hydrogen-bond donors (Lipinski definition) is 2. The van der Waals surface area contributed by atoms with Crippen LogP contribution >= 0.6 is 0 Å². The maximum absolute atomic E-state index is 13.2. The standard InChI is InChI=1S/C19H23F3N2O2S/c1-18(2,3)27(25)24-17(23)14-9-15(19(20,21)22)11-16(10-14)26-12-13-7-5-4-6-8-13/h4-11,17,24H,12,23H2,1-3H3/t17-,27+/m0/s1. The minimum atomic E-state index is -4.55. The Bertz CT molecular complexity index is 749. The van der Waals surface area contributed by atoms with Crippen molar-refractivity contribution in [2.45, 2.75) is 44.5 Å². The summed E-state index contributed by atoms with van der Waals surface area (Å²) in [5, 5.41) is 0. The van der Waals surface area contributed by atoms with Gasteiger partial charge in [-0.2, -0.15) is 13.2 Å². The molecule has 2 aromatic carbocycles. The second-order valence-electron chi connectivity index (χ2n) is 7.04. The molecule has 0 saturated carbocycles. The predicted octanol–water partition coefficient (Wildman–Crippen LogP) is 4.29. The molecule has 0 aromatic heterocycles. The van der Waals surface area contributed by atoms with E-state index in [1.165, 1.54) is 6.07 Å². The molecule has 0 fully saturated rings. The van der Waals surface area contributed by atoms with Crippen LogP contribution in [0, 0.1) is 0 Å². The fourth-order valence-corrected chi connectivity index (χ4v) is 2.87. The largest absolute Gasteiger partial charge is 0.598 e. The third-order valence-corrected chi connectivity index (χ3v) is 5.23. The van der Waals surface area contributed by atoms with E-state index in [9.17, 15) is 17.7 Å². The van der Waals surface area contributed by atoms with Gasteiger partial charge >= 0.3 is 6.18 Å². The molecule has 0 radical (unpaired) electrons. The molecule has 2 aromatic rings. The van der Waals surface area contributed by atoms with Gasteiger partial charge < -0.3 is 15.0 Å². The van der Waals surface area contributed by atoms with E-state index in [4.69, 9.17) is 10.5 Å². The number of halogens is 3. The molecule has 2 atom stereocenters. The first kappa shape index (κ1) is 21.6. The molecule has 3 N–H and O–H groups in total. The summed E-state index contributed by atoms with van der Waals surface area (Å²) in [5.41, 5.74) is 6.05. The zero-order valence-electron chi connectivity index (χ0n) is 15.3. The third-order valence-electron chi connectivity index (χ3n) is 3.65. The normalized spacial score (nSPS) is 14.7. The van der Waals surface area contributed by atoms with Gasteiger partial charge in [-0.05, 0) is 50.1 Å². The Morgan fingerprint density at radius 2 is 1.74 bits per heavy atom. The molecule has 8 heteroatoms. The molecule has 0 spiro atoms. The van der Waals surface area contributed by atoms with Crippen LogP contribution in [-0.2, 0) is 24.1 Å². The molecular weight excluding hydrogens is 377 g/mol. The van der Waals surface area contributed by atoms with Crippen molar-refractivity contribution in [1.82, 2.24) is 4.72 Å². The van der Waals surface area contributed by atoms with Crippen LogP contribution in [0.5, 0.6) is 5.75 Å². The summed E-state index contributed by atoms with van der Waals surface area (Å²) in [6.45, 7) is 5.34. The number of nitrogens with two attached hydrogens (primary N) is 1. The van der Waals surface area contributed by atoms with Gasteiger partial charge in [0.05, 0.1) is 5.56 Å². The summed E-state index contributed by atoms with van der Waals surface area (Å²) < 4.78 is 59.5. The number of alkyl halides is 3. The SMILES string of the molecule is CC(C)(C)[S@@+]([O-])N[C@H](N)c1cc(OCc2ccccc2)cc(C(F)(F)F)c1. The first-order valence-corrected chi connectivity index (χ1v) is 9.44. The lowest BCUT2D eigenvalue weighted by Gasteiger charge is -2.26. The van der Waals surface area contributed by atoms with E-state index in [1.807, 2.05) is 30.3 Å². The second kappa shape index (κ2) is 8.52. The van der Waals surface area contributed by atoms with Crippen molar-refractivity contribution in [2.24, 2.45) is 5.73 Å². The summed E-state index contributed by atoms with van der Waals surface area (Å²) in [5.74, 6) is 0.0440. The molecule has 27 heavy (non-hydrogen) atoms. The van der Waals surface area contributed by atoms with Crippen molar-refractivity contribution in [3.8, 4) is 5.75 Å². The molecule has 0 aliphatic rings. The van der Waals surface area contributed by atoms with Crippen molar-refractivity contribution >= 4 is 11.4 Å². The van der Waals surface area contributed by atoms with E-state index in [1.54, 1.807) is 20.8 Å². The monoisotopic (exact) mass is 400 g/mol. The number of benzene rings is 2. The van der Waals surface area contributed by atoms with Crippen molar-refractivity contribution in [3.63, 3.8) is 0 Å². The Balaban J connectivity index is 2.25. The highest BCUT2D eigenvalue weighted by Crippen LogP contribution is 2.34.